The lowest BCUT2D eigenvalue weighted by Gasteiger charge is -2.06. The molecule has 5 nitrogen and oxygen atoms in total. The van der Waals surface area contributed by atoms with Crippen molar-refractivity contribution in [1.82, 2.24) is 9.55 Å². The Hall–Kier alpha value is -0.860. The molecule has 0 N–H and O–H groups in total. The number of nitrogens with zero attached hydrogens (tertiary/aromatic N) is 2. The summed E-state index contributed by atoms with van der Waals surface area (Å²) in [5.41, 5.74) is 0.585. The summed E-state index contributed by atoms with van der Waals surface area (Å²) in [6.45, 7) is 0. The predicted molar refractivity (Wildman–Crippen MR) is 75.3 cm³/mol. The van der Waals surface area contributed by atoms with Crippen LogP contribution in [0.25, 0.3) is 10.2 Å². The first-order valence-corrected chi connectivity index (χ1v) is 9.06. The summed E-state index contributed by atoms with van der Waals surface area (Å²) in [6.07, 6.45) is 1.20. The lowest BCUT2D eigenvalue weighted by atomic mass is 10.5. The zero-order valence-electron chi connectivity index (χ0n) is 9.91. The van der Waals surface area contributed by atoms with Crippen LogP contribution in [-0.4, -0.2) is 35.7 Å². The third kappa shape index (κ3) is 2.93. The summed E-state index contributed by atoms with van der Waals surface area (Å²) in [5, 5.41) is 2.37. The molecule has 0 aliphatic heterocycles. The minimum atomic E-state index is -2.98. The number of rotatable bonds is 4. The topological polar surface area (TPSA) is 69.0 Å². The molecule has 18 heavy (non-hydrogen) atoms. The number of thiophene rings is 1. The van der Waals surface area contributed by atoms with E-state index in [4.69, 9.17) is 0 Å². The lowest BCUT2D eigenvalue weighted by molar-refractivity contribution is 0.603. The van der Waals surface area contributed by atoms with Crippen LogP contribution in [-0.2, 0) is 16.9 Å². The maximum atomic E-state index is 12.0. The van der Waals surface area contributed by atoms with Crippen molar-refractivity contribution in [3.8, 4) is 0 Å². The molecule has 98 valence electrons. The van der Waals surface area contributed by atoms with Crippen molar-refractivity contribution in [1.29, 1.82) is 0 Å². The monoisotopic (exact) mass is 304 g/mol. The summed E-state index contributed by atoms with van der Waals surface area (Å²) in [6, 6.07) is 1.79. The van der Waals surface area contributed by atoms with Gasteiger partial charge in [0.2, 0.25) is 0 Å². The number of sulfone groups is 1. The number of hydrogen-bond donors (Lipinski definition) is 0. The molecule has 0 aliphatic carbocycles. The molecule has 0 saturated carbocycles. The molecular weight excluding hydrogens is 292 g/mol. The fraction of sp³-hybridized carbons (Fsp3) is 0.400. The van der Waals surface area contributed by atoms with Gasteiger partial charge < -0.3 is 0 Å². The molecule has 0 spiro atoms. The average molecular weight is 304 g/mol. The summed E-state index contributed by atoms with van der Waals surface area (Å²) < 4.78 is 24.2. The highest BCUT2D eigenvalue weighted by Gasteiger charge is 2.10. The summed E-state index contributed by atoms with van der Waals surface area (Å²) in [4.78, 5) is 16.3. The first kappa shape index (κ1) is 13.6. The molecule has 0 atom stereocenters. The van der Waals surface area contributed by atoms with E-state index in [1.807, 2.05) is 5.38 Å². The lowest BCUT2D eigenvalue weighted by Crippen LogP contribution is -2.19. The Morgan fingerprint density at radius 2 is 2.22 bits per heavy atom. The molecule has 0 saturated heterocycles. The Bertz CT molecular complexity index is 730. The number of fused-ring (bicyclic) bond motifs is 1. The van der Waals surface area contributed by atoms with Crippen LogP contribution in [0.4, 0.5) is 0 Å². The largest absolute Gasteiger partial charge is 0.290 e. The van der Waals surface area contributed by atoms with Gasteiger partial charge in [-0.3, -0.25) is 9.36 Å². The first-order valence-electron chi connectivity index (χ1n) is 5.13. The maximum Gasteiger partial charge on any atom is 0.271 e. The summed E-state index contributed by atoms with van der Waals surface area (Å²) >= 11 is 2.65. The van der Waals surface area contributed by atoms with E-state index in [-0.39, 0.29) is 11.3 Å². The second kappa shape index (κ2) is 5.02. The van der Waals surface area contributed by atoms with Gasteiger partial charge in [0.15, 0.2) is 5.16 Å². The van der Waals surface area contributed by atoms with Crippen LogP contribution in [0.5, 0.6) is 0 Å². The number of thioether (sulfide) groups is 1. The van der Waals surface area contributed by atoms with E-state index in [1.54, 1.807) is 13.1 Å². The molecular formula is C10H12N2O3S3. The van der Waals surface area contributed by atoms with E-state index in [0.717, 1.165) is 0 Å². The molecule has 2 aromatic rings. The summed E-state index contributed by atoms with van der Waals surface area (Å²) in [7, 11) is -1.33. The number of aromatic nitrogens is 2. The molecule has 0 amide bonds. The van der Waals surface area contributed by atoms with Crippen LogP contribution in [0.15, 0.2) is 21.4 Å². The standard InChI is InChI=1S/C10H12N2O3S3/c1-12-9(13)8-7(3-4-16-8)11-10(12)17-5-6-18(2,14)15/h3-4H,5-6H2,1-2H3. The Kier molecular flexibility index (Phi) is 3.79. The van der Waals surface area contributed by atoms with E-state index >= 15 is 0 Å². The fourth-order valence-electron chi connectivity index (χ4n) is 1.38. The van der Waals surface area contributed by atoms with Crippen molar-refractivity contribution >= 4 is 43.2 Å². The highest BCUT2D eigenvalue weighted by molar-refractivity contribution is 8.00. The van der Waals surface area contributed by atoms with E-state index in [1.165, 1.54) is 33.9 Å². The van der Waals surface area contributed by atoms with E-state index in [2.05, 4.69) is 4.98 Å². The molecule has 2 aromatic heterocycles. The van der Waals surface area contributed by atoms with Gasteiger partial charge in [0, 0.05) is 19.1 Å². The van der Waals surface area contributed by atoms with Crippen molar-refractivity contribution < 1.29 is 8.42 Å². The molecule has 0 aliphatic rings. The normalized spacial score (nSPS) is 12.1. The van der Waals surface area contributed by atoms with Crippen LogP contribution in [0.2, 0.25) is 0 Å². The Balaban J connectivity index is 2.28. The average Bonchev–Trinajstić information content (AvgIpc) is 2.71. The van der Waals surface area contributed by atoms with Crippen LogP contribution in [0.3, 0.4) is 0 Å². The number of hydrogen-bond acceptors (Lipinski definition) is 6. The van der Waals surface area contributed by atoms with Gasteiger partial charge in [0.25, 0.3) is 5.56 Å². The Morgan fingerprint density at radius 1 is 1.50 bits per heavy atom. The molecule has 0 bridgehead atoms. The van der Waals surface area contributed by atoms with E-state index < -0.39 is 9.84 Å². The summed E-state index contributed by atoms with van der Waals surface area (Å²) in [5.74, 6) is 0.476. The van der Waals surface area contributed by atoms with Gasteiger partial charge in [-0.1, -0.05) is 11.8 Å². The van der Waals surface area contributed by atoms with Crippen LogP contribution in [0.1, 0.15) is 0 Å². The van der Waals surface area contributed by atoms with Crippen LogP contribution >= 0.6 is 23.1 Å². The third-order valence-electron chi connectivity index (χ3n) is 2.33. The van der Waals surface area contributed by atoms with Crippen LogP contribution < -0.4 is 5.56 Å². The van der Waals surface area contributed by atoms with Crippen molar-refractivity contribution in [3.63, 3.8) is 0 Å². The van der Waals surface area contributed by atoms with E-state index in [9.17, 15) is 13.2 Å². The zero-order chi connectivity index (χ0) is 13.3. The second-order valence-electron chi connectivity index (χ2n) is 3.87. The maximum absolute atomic E-state index is 12.0. The first-order chi connectivity index (χ1) is 8.38. The molecule has 8 heteroatoms. The van der Waals surface area contributed by atoms with Gasteiger partial charge in [-0.25, -0.2) is 13.4 Å². The minimum Gasteiger partial charge on any atom is -0.290 e. The SMILES string of the molecule is Cn1c(SCCS(C)(=O)=O)nc2ccsc2c1=O. The Morgan fingerprint density at radius 3 is 2.89 bits per heavy atom. The van der Waals surface area contributed by atoms with Gasteiger partial charge in [0.05, 0.1) is 11.3 Å². The molecule has 0 aromatic carbocycles. The fourth-order valence-corrected chi connectivity index (χ4v) is 4.35. The zero-order valence-corrected chi connectivity index (χ0v) is 12.4. The second-order valence-corrected chi connectivity index (χ2v) is 8.11. The van der Waals surface area contributed by atoms with Gasteiger partial charge in [-0.15, -0.1) is 11.3 Å². The van der Waals surface area contributed by atoms with Crippen molar-refractivity contribution in [2.75, 3.05) is 17.8 Å². The molecule has 0 unspecified atom stereocenters. The van der Waals surface area contributed by atoms with Gasteiger partial charge in [0.1, 0.15) is 14.5 Å². The van der Waals surface area contributed by atoms with E-state index in [0.29, 0.717) is 21.1 Å². The van der Waals surface area contributed by atoms with Crippen molar-refractivity contribution in [3.05, 3.63) is 21.8 Å². The highest BCUT2D eigenvalue weighted by Crippen LogP contribution is 2.20. The third-order valence-corrected chi connectivity index (χ3v) is 5.46. The van der Waals surface area contributed by atoms with Crippen molar-refractivity contribution in [2.45, 2.75) is 5.16 Å². The van der Waals surface area contributed by atoms with Gasteiger partial charge in [-0.2, -0.15) is 0 Å². The molecule has 2 rings (SSSR count). The molecule has 0 radical (unpaired) electrons. The molecule has 0 fully saturated rings. The van der Waals surface area contributed by atoms with Crippen LogP contribution in [0, 0.1) is 0 Å². The highest BCUT2D eigenvalue weighted by atomic mass is 32.2. The van der Waals surface area contributed by atoms with Gasteiger partial charge >= 0.3 is 0 Å². The minimum absolute atomic E-state index is 0.0786. The molecule has 2 heterocycles. The smallest absolute Gasteiger partial charge is 0.271 e. The quantitative estimate of drug-likeness (QED) is 0.625. The van der Waals surface area contributed by atoms with Crippen molar-refractivity contribution in [2.24, 2.45) is 7.05 Å². The van der Waals surface area contributed by atoms with Gasteiger partial charge in [-0.05, 0) is 11.4 Å². The Labute approximate surface area is 113 Å². The predicted octanol–water partition coefficient (Wildman–Crippen LogP) is 1.13.